The van der Waals surface area contributed by atoms with Crippen molar-refractivity contribution in [3.8, 4) is 11.5 Å². The van der Waals surface area contributed by atoms with Crippen LogP contribution in [0.2, 0.25) is 10.0 Å². The molecule has 1 heterocycles. The second-order valence-corrected chi connectivity index (χ2v) is 10.2. The molecule has 1 N–H and O–H groups in total. The molecule has 0 saturated carbocycles. The lowest BCUT2D eigenvalue weighted by molar-refractivity contribution is -0.145. The molecule has 0 bridgehead atoms. The Kier molecular flexibility index (Phi) is 8.21. The van der Waals surface area contributed by atoms with Crippen molar-refractivity contribution >= 4 is 69.5 Å². The molecule has 0 spiro atoms. The van der Waals surface area contributed by atoms with Crippen molar-refractivity contribution in [2.45, 2.75) is 12.6 Å². The van der Waals surface area contributed by atoms with Gasteiger partial charge in [0.15, 0.2) is 17.5 Å². The van der Waals surface area contributed by atoms with Crippen molar-refractivity contribution in [3.63, 3.8) is 0 Å². The van der Waals surface area contributed by atoms with Crippen LogP contribution in [0.5, 0.6) is 11.5 Å². The maximum Gasteiger partial charge on any atom is 0.331 e. The molecule has 1 amide bonds. The molecule has 1 saturated heterocycles. The summed E-state index contributed by atoms with van der Waals surface area (Å²) in [5, 5.41) is 10.9. The van der Waals surface area contributed by atoms with Crippen molar-refractivity contribution in [2.75, 3.05) is 7.11 Å². The van der Waals surface area contributed by atoms with Crippen LogP contribution < -0.4 is 9.47 Å². The van der Waals surface area contributed by atoms with Gasteiger partial charge >= 0.3 is 5.97 Å². The quantitative estimate of drug-likeness (QED) is 0.246. The summed E-state index contributed by atoms with van der Waals surface area (Å²) in [5.74, 6) is -0.694. The average Bonchev–Trinajstić information content (AvgIpc) is 3.12. The summed E-state index contributed by atoms with van der Waals surface area (Å²) in [5.41, 5.74) is 1.89. The molecule has 0 aromatic heterocycles. The standard InChI is InChI=1S/C26H19Cl2NO5S2/c1-33-21-11-15(7-10-20(21)34-14-17-8-9-18(27)13-19(17)28)12-22-24(30)29(26(35)36-22)23(25(31)32)16-5-3-2-4-6-16/h2-13,23H,14H2,1H3,(H,31,32)/b22-12-. The summed E-state index contributed by atoms with van der Waals surface area (Å²) in [7, 11) is 1.51. The Bertz CT molecular complexity index is 1360. The van der Waals surface area contributed by atoms with E-state index in [1.165, 1.54) is 7.11 Å². The van der Waals surface area contributed by atoms with Crippen LogP contribution >= 0.6 is 47.2 Å². The molecule has 10 heteroatoms. The number of nitrogens with zero attached hydrogens (tertiary/aromatic N) is 1. The number of thioether (sulfide) groups is 1. The first-order chi connectivity index (χ1) is 17.3. The maximum absolute atomic E-state index is 13.2. The number of thiocarbonyl (C=S) groups is 1. The molecule has 1 unspecified atom stereocenters. The van der Waals surface area contributed by atoms with Crippen molar-refractivity contribution in [3.05, 3.63) is 98.4 Å². The summed E-state index contributed by atoms with van der Waals surface area (Å²) >= 11 is 18.6. The van der Waals surface area contributed by atoms with Gasteiger partial charge in [0.25, 0.3) is 5.91 Å². The molecular weight excluding hydrogens is 541 g/mol. The molecular formula is C26H19Cl2NO5S2. The van der Waals surface area contributed by atoms with Crippen molar-refractivity contribution in [1.82, 2.24) is 4.90 Å². The van der Waals surface area contributed by atoms with Crippen LogP contribution in [0.15, 0.2) is 71.6 Å². The largest absolute Gasteiger partial charge is 0.493 e. The molecule has 0 radical (unpaired) electrons. The van der Waals surface area contributed by atoms with Gasteiger partial charge in [-0.3, -0.25) is 9.69 Å². The van der Waals surface area contributed by atoms with Crippen molar-refractivity contribution < 1.29 is 24.2 Å². The minimum atomic E-state index is -1.21. The van der Waals surface area contributed by atoms with Gasteiger partial charge in [0.05, 0.1) is 12.0 Å². The van der Waals surface area contributed by atoms with E-state index >= 15 is 0 Å². The zero-order chi connectivity index (χ0) is 25.8. The average molecular weight is 560 g/mol. The van der Waals surface area contributed by atoms with Crippen LogP contribution in [0.3, 0.4) is 0 Å². The third-order valence-corrected chi connectivity index (χ3v) is 7.23. The number of carboxylic acids is 1. The molecule has 3 aromatic carbocycles. The Morgan fingerprint density at radius 2 is 1.86 bits per heavy atom. The normalized spacial score (nSPS) is 15.3. The highest BCUT2D eigenvalue weighted by Gasteiger charge is 2.41. The van der Waals surface area contributed by atoms with E-state index in [0.29, 0.717) is 37.6 Å². The predicted octanol–water partition coefficient (Wildman–Crippen LogP) is 6.61. The molecule has 1 fully saturated rings. The Morgan fingerprint density at radius 1 is 1.11 bits per heavy atom. The van der Waals surface area contributed by atoms with Crippen molar-refractivity contribution in [2.24, 2.45) is 0 Å². The van der Waals surface area contributed by atoms with Gasteiger partial charge in [-0.1, -0.05) is 89.6 Å². The Hall–Kier alpha value is -3.04. The highest BCUT2D eigenvalue weighted by atomic mass is 35.5. The highest BCUT2D eigenvalue weighted by molar-refractivity contribution is 8.26. The van der Waals surface area contributed by atoms with Crippen LogP contribution in [0, 0.1) is 0 Å². The number of ether oxygens (including phenoxy) is 2. The highest BCUT2D eigenvalue weighted by Crippen LogP contribution is 2.39. The molecule has 1 aliphatic heterocycles. The molecule has 4 rings (SSSR count). The van der Waals surface area contributed by atoms with Gasteiger partial charge in [-0.05, 0) is 41.5 Å². The summed E-state index contributed by atoms with van der Waals surface area (Å²) in [6, 6.07) is 17.7. The van der Waals surface area contributed by atoms with Gasteiger partial charge in [-0.2, -0.15) is 0 Å². The van der Waals surface area contributed by atoms with Gasteiger partial charge in [-0.25, -0.2) is 4.79 Å². The van der Waals surface area contributed by atoms with Crippen LogP contribution in [0.4, 0.5) is 0 Å². The van der Waals surface area contributed by atoms with Crippen LogP contribution in [-0.2, 0) is 16.2 Å². The molecule has 3 aromatic rings. The number of hydrogen-bond donors (Lipinski definition) is 1. The molecule has 36 heavy (non-hydrogen) atoms. The van der Waals surface area contributed by atoms with Crippen molar-refractivity contribution in [1.29, 1.82) is 0 Å². The van der Waals surface area contributed by atoms with Gasteiger partial charge < -0.3 is 14.6 Å². The molecule has 0 aliphatic carbocycles. The van der Waals surface area contributed by atoms with Gasteiger partial charge in [0.1, 0.15) is 10.9 Å². The zero-order valence-electron chi connectivity index (χ0n) is 18.8. The third-order valence-electron chi connectivity index (χ3n) is 5.31. The van der Waals surface area contributed by atoms with E-state index in [-0.39, 0.29) is 10.9 Å². The van der Waals surface area contributed by atoms with E-state index < -0.39 is 17.9 Å². The summed E-state index contributed by atoms with van der Waals surface area (Å²) in [6.45, 7) is 0.209. The number of halogens is 2. The number of amides is 1. The summed E-state index contributed by atoms with van der Waals surface area (Å²) < 4.78 is 11.5. The fraction of sp³-hybridized carbons (Fsp3) is 0.115. The van der Waals surface area contributed by atoms with Crippen LogP contribution in [0.1, 0.15) is 22.7 Å². The van der Waals surface area contributed by atoms with E-state index in [1.54, 1.807) is 72.8 Å². The first-order valence-corrected chi connectivity index (χ1v) is 12.6. The van der Waals surface area contributed by atoms with Gasteiger partial charge in [-0.15, -0.1) is 0 Å². The van der Waals surface area contributed by atoms with E-state index in [9.17, 15) is 14.7 Å². The number of benzene rings is 3. The molecule has 1 aliphatic rings. The monoisotopic (exact) mass is 559 g/mol. The Morgan fingerprint density at radius 3 is 2.53 bits per heavy atom. The zero-order valence-corrected chi connectivity index (χ0v) is 22.0. The summed E-state index contributed by atoms with van der Waals surface area (Å²) in [4.78, 5) is 26.7. The second kappa shape index (κ2) is 11.3. The van der Waals surface area contributed by atoms with Crippen LogP contribution in [0.25, 0.3) is 6.08 Å². The number of methoxy groups -OCH3 is 1. The lowest BCUT2D eigenvalue weighted by Gasteiger charge is -2.23. The lowest BCUT2D eigenvalue weighted by Crippen LogP contribution is -2.37. The van der Waals surface area contributed by atoms with E-state index in [2.05, 4.69) is 0 Å². The Balaban J connectivity index is 1.55. The fourth-order valence-corrected chi connectivity index (χ4v) is 5.35. The second-order valence-electron chi connectivity index (χ2n) is 7.64. The minimum absolute atomic E-state index is 0.175. The number of hydrogen-bond acceptors (Lipinski definition) is 6. The maximum atomic E-state index is 13.2. The van der Waals surface area contributed by atoms with Gasteiger partial charge in [0, 0.05) is 15.6 Å². The minimum Gasteiger partial charge on any atom is -0.493 e. The predicted molar refractivity (Wildman–Crippen MR) is 146 cm³/mol. The number of aliphatic carboxylic acids is 1. The number of carbonyl (C=O) groups excluding carboxylic acids is 1. The molecule has 184 valence electrons. The first-order valence-electron chi connectivity index (χ1n) is 10.6. The van der Waals surface area contributed by atoms with Crippen LogP contribution in [-0.4, -0.2) is 33.3 Å². The molecule has 1 atom stereocenters. The lowest BCUT2D eigenvalue weighted by atomic mass is 10.1. The van der Waals surface area contributed by atoms with E-state index in [4.69, 9.17) is 44.9 Å². The topological polar surface area (TPSA) is 76.1 Å². The number of carbonyl (C=O) groups is 2. The van der Waals surface area contributed by atoms with Gasteiger partial charge in [0.2, 0.25) is 0 Å². The smallest absolute Gasteiger partial charge is 0.331 e. The Labute approximate surface area is 227 Å². The van der Waals surface area contributed by atoms with E-state index in [1.807, 2.05) is 0 Å². The SMILES string of the molecule is COc1cc(/C=C2\SC(=S)N(C(C(=O)O)c3ccccc3)C2=O)ccc1OCc1ccc(Cl)cc1Cl. The third kappa shape index (κ3) is 5.68. The van der Waals surface area contributed by atoms with E-state index in [0.717, 1.165) is 22.2 Å². The fourth-order valence-electron chi connectivity index (χ4n) is 3.58. The number of carboxylic acid groups (broad SMARTS) is 1. The number of rotatable bonds is 8. The molecule has 6 nitrogen and oxygen atoms in total. The summed E-state index contributed by atoms with van der Waals surface area (Å²) in [6.07, 6.45) is 1.64. The first kappa shape index (κ1) is 26.0.